The van der Waals surface area contributed by atoms with Crippen molar-refractivity contribution in [3.8, 4) is 0 Å². The first-order chi connectivity index (χ1) is 7.65. The van der Waals surface area contributed by atoms with Crippen LogP contribution in [0.5, 0.6) is 0 Å². The molecule has 0 radical (unpaired) electrons. The Bertz CT molecular complexity index is 216. The minimum absolute atomic E-state index is 0.441. The van der Waals surface area contributed by atoms with E-state index in [0.29, 0.717) is 5.54 Å². The molecule has 2 saturated heterocycles. The molecule has 0 aromatic carbocycles. The maximum atomic E-state index is 5.48. The molecule has 2 aliphatic heterocycles. The quantitative estimate of drug-likeness (QED) is 0.708. The van der Waals surface area contributed by atoms with Crippen LogP contribution in [0.2, 0.25) is 0 Å². The van der Waals surface area contributed by atoms with Gasteiger partial charge in [-0.15, -0.1) is 0 Å². The molecule has 2 rings (SSSR count). The summed E-state index contributed by atoms with van der Waals surface area (Å²) >= 11 is 0. The van der Waals surface area contributed by atoms with Crippen molar-refractivity contribution in [1.29, 1.82) is 0 Å². The van der Waals surface area contributed by atoms with Crippen molar-refractivity contribution in [3.63, 3.8) is 0 Å². The second kappa shape index (κ2) is 5.03. The molecule has 0 aromatic rings. The fourth-order valence-electron chi connectivity index (χ4n) is 3.27. The Balaban J connectivity index is 2.08. The smallest absolute Gasteiger partial charge is 0.0594 e. The lowest BCUT2D eigenvalue weighted by molar-refractivity contribution is -0.0657. The van der Waals surface area contributed by atoms with Crippen molar-refractivity contribution < 1.29 is 4.74 Å². The fraction of sp³-hybridized carbons (Fsp3) is 1.00. The van der Waals surface area contributed by atoms with E-state index in [4.69, 9.17) is 4.74 Å². The first-order valence-corrected chi connectivity index (χ1v) is 6.66. The third-order valence-electron chi connectivity index (χ3n) is 4.57. The monoisotopic (exact) mass is 226 g/mol. The number of nitrogens with zero attached hydrogens (tertiary/aromatic N) is 2. The topological polar surface area (TPSA) is 15.7 Å². The first kappa shape index (κ1) is 12.3. The summed E-state index contributed by atoms with van der Waals surface area (Å²) in [5.41, 5.74) is 0.441. The highest BCUT2D eigenvalue weighted by atomic mass is 16.5. The predicted molar refractivity (Wildman–Crippen MR) is 66.7 cm³/mol. The molecule has 0 atom stereocenters. The third kappa shape index (κ3) is 2.27. The van der Waals surface area contributed by atoms with E-state index < -0.39 is 0 Å². The Kier molecular flexibility index (Phi) is 3.88. The summed E-state index contributed by atoms with van der Waals surface area (Å²) in [7, 11) is 2.24. The zero-order chi connectivity index (χ0) is 11.6. The van der Waals surface area contributed by atoms with Crippen LogP contribution in [0.15, 0.2) is 0 Å². The highest BCUT2D eigenvalue weighted by molar-refractivity contribution is 4.97. The average Bonchev–Trinajstić information content (AvgIpc) is 2.31. The molecular formula is C13H26N2O. The predicted octanol–water partition coefficient (Wildman–Crippen LogP) is 1.44. The number of hydrogen-bond acceptors (Lipinski definition) is 3. The van der Waals surface area contributed by atoms with E-state index in [0.717, 1.165) is 32.2 Å². The van der Waals surface area contributed by atoms with Crippen LogP contribution in [0.1, 0.15) is 26.7 Å². The Labute approximate surface area is 99.7 Å². The highest BCUT2D eigenvalue weighted by Crippen LogP contribution is 2.35. The van der Waals surface area contributed by atoms with Gasteiger partial charge >= 0.3 is 0 Å². The molecule has 0 N–H and O–H groups in total. The molecule has 3 heteroatoms. The van der Waals surface area contributed by atoms with Gasteiger partial charge in [0.15, 0.2) is 0 Å². The molecule has 0 aromatic heterocycles. The van der Waals surface area contributed by atoms with E-state index >= 15 is 0 Å². The van der Waals surface area contributed by atoms with Gasteiger partial charge in [-0.3, -0.25) is 4.90 Å². The molecule has 0 amide bonds. The largest absolute Gasteiger partial charge is 0.379 e. The number of likely N-dealkylation sites (tertiary alicyclic amines) is 1. The summed E-state index contributed by atoms with van der Waals surface area (Å²) in [5, 5.41) is 0. The van der Waals surface area contributed by atoms with Crippen LogP contribution in [0.3, 0.4) is 0 Å². The number of ether oxygens (including phenoxy) is 1. The van der Waals surface area contributed by atoms with Gasteiger partial charge in [0.25, 0.3) is 0 Å². The lowest BCUT2D eigenvalue weighted by Crippen LogP contribution is -2.60. The summed E-state index contributed by atoms with van der Waals surface area (Å²) < 4.78 is 5.48. The standard InChI is InChI=1S/C13H26N2O/c1-12(2)13(4-6-14(3)7-5-13)15-8-10-16-11-9-15/h12H,4-11H2,1-3H3. The third-order valence-corrected chi connectivity index (χ3v) is 4.57. The van der Waals surface area contributed by atoms with Gasteiger partial charge in [-0.25, -0.2) is 0 Å². The summed E-state index contributed by atoms with van der Waals surface area (Å²) in [4.78, 5) is 5.16. The van der Waals surface area contributed by atoms with E-state index in [1.807, 2.05) is 0 Å². The van der Waals surface area contributed by atoms with Crippen molar-refractivity contribution >= 4 is 0 Å². The second-order valence-electron chi connectivity index (χ2n) is 5.66. The van der Waals surface area contributed by atoms with Gasteiger partial charge in [-0.1, -0.05) is 13.8 Å². The zero-order valence-corrected chi connectivity index (χ0v) is 11.0. The second-order valence-corrected chi connectivity index (χ2v) is 5.66. The van der Waals surface area contributed by atoms with Crippen molar-refractivity contribution in [2.45, 2.75) is 32.2 Å². The molecule has 2 heterocycles. The van der Waals surface area contributed by atoms with Gasteiger partial charge in [0.1, 0.15) is 0 Å². The zero-order valence-electron chi connectivity index (χ0n) is 11.0. The van der Waals surface area contributed by atoms with Gasteiger partial charge in [-0.2, -0.15) is 0 Å². The van der Waals surface area contributed by atoms with Crippen molar-refractivity contribution in [2.75, 3.05) is 46.4 Å². The van der Waals surface area contributed by atoms with Gasteiger partial charge in [0.05, 0.1) is 13.2 Å². The summed E-state index contributed by atoms with van der Waals surface area (Å²) in [6, 6.07) is 0. The lowest BCUT2D eigenvalue weighted by atomic mass is 9.76. The molecule has 0 unspecified atom stereocenters. The van der Waals surface area contributed by atoms with Gasteiger partial charge in [0.2, 0.25) is 0 Å². The minimum Gasteiger partial charge on any atom is -0.379 e. The first-order valence-electron chi connectivity index (χ1n) is 6.66. The van der Waals surface area contributed by atoms with Crippen LogP contribution in [-0.4, -0.2) is 61.8 Å². The van der Waals surface area contributed by atoms with Gasteiger partial charge in [-0.05, 0) is 38.9 Å². The van der Waals surface area contributed by atoms with Crippen LogP contribution in [0, 0.1) is 5.92 Å². The maximum Gasteiger partial charge on any atom is 0.0594 e. The summed E-state index contributed by atoms with van der Waals surface area (Å²) in [6.45, 7) is 11.4. The number of piperidine rings is 1. The van der Waals surface area contributed by atoms with E-state index in [-0.39, 0.29) is 0 Å². The minimum atomic E-state index is 0.441. The Morgan fingerprint density at radius 2 is 1.56 bits per heavy atom. The lowest BCUT2D eigenvalue weighted by Gasteiger charge is -2.52. The Morgan fingerprint density at radius 1 is 1.00 bits per heavy atom. The number of hydrogen-bond donors (Lipinski definition) is 0. The summed E-state index contributed by atoms with van der Waals surface area (Å²) in [5.74, 6) is 0.749. The average molecular weight is 226 g/mol. The Hall–Kier alpha value is -0.120. The molecule has 94 valence electrons. The molecule has 16 heavy (non-hydrogen) atoms. The molecule has 3 nitrogen and oxygen atoms in total. The van der Waals surface area contributed by atoms with Crippen LogP contribution in [0.4, 0.5) is 0 Å². The van der Waals surface area contributed by atoms with E-state index in [1.54, 1.807) is 0 Å². The maximum absolute atomic E-state index is 5.48. The normalized spacial score (nSPS) is 28.5. The number of rotatable bonds is 2. The molecule has 2 fully saturated rings. The molecule has 0 bridgehead atoms. The molecule has 0 spiro atoms. The van der Waals surface area contributed by atoms with Gasteiger partial charge < -0.3 is 9.64 Å². The van der Waals surface area contributed by atoms with E-state index in [2.05, 4.69) is 30.7 Å². The van der Waals surface area contributed by atoms with Crippen LogP contribution < -0.4 is 0 Å². The van der Waals surface area contributed by atoms with Crippen LogP contribution in [0.25, 0.3) is 0 Å². The van der Waals surface area contributed by atoms with E-state index in [9.17, 15) is 0 Å². The van der Waals surface area contributed by atoms with E-state index in [1.165, 1.54) is 25.9 Å². The molecular weight excluding hydrogens is 200 g/mol. The Morgan fingerprint density at radius 3 is 2.06 bits per heavy atom. The number of morpholine rings is 1. The molecule has 0 saturated carbocycles. The van der Waals surface area contributed by atoms with Gasteiger partial charge in [0, 0.05) is 18.6 Å². The van der Waals surface area contributed by atoms with Crippen LogP contribution >= 0.6 is 0 Å². The highest BCUT2D eigenvalue weighted by Gasteiger charge is 2.41. The van der Waals surface area contributed by atoms with Crippen molar-refractivity contribution in [2.24, 2.45) is 5.92 Å². The molecule has 2 aliphatic rings. The van der Waals surface area contributed by atoms with Crippen molar-refractivity contribution in [3.05, 3.63) is 0 Å². The molecule has 0 aliphatic carbocycles. The van der Waals surface area contributed by atoms with Crippen LogP contribution in [-0.2, 0) is 4.74 Å². The SMILES string of the molecule is CC(C)C1(N2CCOCC2)CCN(C)CC1. The van der Waals surface area contributed by atoms with Crippen molar-refractivity contribution in [1.82, 2.24) is 9.80 Å². The fourth-order valence-corrected chi connectivity index (χ4v) is 3.27. The summed E-state index contributed by atoms with van der Waals surface area (Å²) in [6.07, 6.45) is 2.64.